The predicted octanol–water partition coefficient (Wildman–Crippen LogP) is 0.484. The third kappa shape index (κ3) is 3.24. The molecule has 2 aliphatic heterocycles. The molecule has 0 bridgehead atoms. The number of carbonyl (C=O) groups is 2. The first-order valence-electron chi connectivity index (χ1n) is 7.56. The highest BCUT2D eigenvalue weighted by Crippen LogP contribution is 2.26. The molecule has 1 aromatic rings. The molecule has 0 radical (unpaired) electrons. The molecular weight excluding hydrogens is 266 g/mol. The normalized spacial score (nSPS) is 24.5. The number of carbonyl (C=O) groups excluding carboxylic acids is 2. The fourth-order valence-electron chi connectivity index (χ4n) is 3.22. The van der Waals surface area contributed by atoms with Crippen molar-refractivity contribution in [1.82, 2.24) is 15.5 Å². The number of benzene rings is 1. The summed E-state index contributed by atoms with van der Waals surface area (Å²) in [6.45, 7) is 3.79. The Bertz CT molecular complexity index is 518. The molecule has 5 heteroatoms. The molecule has 21 heavy (non-hydrogen) atoms. The maximum Gasteiger partial charge on any atom is 0.251 e. The first-order chi connectivity index (χ1) is 10.2. The minimum Gasteiger partial charge on any atom is -0.343 e. The lowest BCUT2D eigenvalue weighted by atomic mass is 9.89. The van der Waals surface area contributed by atoms with Crippen molar-refractivity contribution >= 4 is 11.8 Å². The van der Waals surface area contributed by atoms with Gasteiger partial charge in [0.1, 0.15) is 0 Å². The average Bonchev–Trinajstić information content (AvgIpc) is 3.00. The third-order valence-electron chi connectivity index (χ3n) is 4.49. The maximum absolute atomic E-state index is 12.2. The molecular formula is C16H21N3O2. The molecule has 0 aromatic heterocycles. The Morgan fingerprint density at radius 1 is 1.19 bits per heavy atom. The molecule has 0 aliphatic carbocycles. The van der Waals surface area contributed by atoms with Gasteiger partial charge >= 0.3 is 0 Å². The van der Waals surface area contributed by atoms with Gasteiger partial charge in [0.25, 0.3) is 5.91 Å². The van der Waals surface area contributed by atoms with Crippen LogP contribution in [0.2, 0.25) is 0 Å². The van der Waals surface area contributed by atoms with E-state index in [4.69, 9.17) is 0 Å². The van der Waals surface area contributed by atoms with Crippen LogP contribution in [0, 0.1) is 11.8 Å². The molecule has 0 saturated carbocycles. The van der Waals surface area contributed by atoms with Crippen LogP contribution in [0.15, 0.2) is 30.3 Å². The number of nitrogens with one attached hydrogen (secondary N) is 2. The van der Waals surface area contributed by atoms with Gasteiger partial charge in [-0.25, -0.2) is 0 Å². The SMILES string of the molecule is O=C(NCC(=O)N1CCC2CNCC2C1)c1ccccc1. The summed E-state index contributed by atoms with van der Waals surface area (Å²) < 4.78 is 0. The number of rotatable bonds is 3. The van der Waals surface area contributed by atoms with Gasteiger partial charge in [-0.05, 0) is 43.5 Å². The summed E-state index contributed by atoms with van der Waals surface area (Å²) >= 11 is 0. The molecule has 2 saturated heterocycles. The van der Waals surface area contributed by atoms with Gasteiger partial charge in [0.05, 0.1) is 6.54 Å². The minimum absolute atomic E-state index is 0.0182. The van der Waals surface area contributed by atoms with E-state index in [9.17, 15) is 9.59 Å². The van der Waals surface area contributed by atoms with Gasteiger partial charge < -0.3 is 15.5 Å². The van der Waals surface area contributed by atoms with Crippen molar-refractivity contribution in [3.8, 4) is 0 Å². The van der Waals surface area contributed by atoms with E-state index in [2.05, 4.69) is 10.6 Å². The maximum atomic E-state index is 12.2. The lowest BCUT2D eigenvalue weighted by molar-refractivity contribution is -0.132. The van der Waals surface area contributed by atoms with Gasteiger partial charge in [-0.15, -0.1) is 0 Å². The molecule has 112 valence electrons. The standard InChI is InChI=1S/C16H21N3O2/c20-15(10-18-16(21)12-4-2-1-3-5-12)19-7-6-13-8-17-9-14(13)11-19/h1-5,13-14,17H,6-11H2,(H,18,21). The van der Waals surface area contributed by atoms with Gasteiger partial charge in [-0.1, -0.05) is 18.2 Å². The fraction of sp³-hybridized carbons (Fsp3) is 0.500. The van der Waals surface area contributed by atoms with Crippen LogP contribution >= 0.6 is 0 Å². The van der Waals surface area contributed by atoms with Crippen molar-refractivity contribution in [3.63, 3.8) is 0 Å². The molecule has 2 N–H and O–H groups in total. The summed E-state index contributed by atoms with van der Waals surface area (Å²) in [5.74, 6) is 1.12. The number of hydrogen-bond acceptors (Lipinski definition) is 3. The fourth-order valence-corrected chi connectivity index (χ4v) is 3.22. The highest BCUT2D eigenvalue weighted by Gasteiger charge is 2.34. The van der Waals surface area contributed by atoms with Crippen LogP contribution in [-0.2, 0) is 4.79 Å². The largest absolute Gasteiger partial charge is 0.343 e. The van der Waals surface area contributed by atoms with Crippen molar-refractivity contribution in [3.05, 3.63) is 35.9 Å². The molecule has 2 unspecified atom stereocenters. The number of hydrogen-bond donors (Lipinski definition) is 2. The summed E-state index contributed by atoms with van der Waals surface area (Å²) in [6, 6.07) is 8.98. The van der Waals surface area contributed by atoms with E-state index in [1.165, 1.54) is 0 Å². The summed E-state index contributed by atoms with van der Waals surface area (Å²) in [5, 5.41) is 6.10. The number of nitrogens with zero attached hydrogens (tertiary/aromatic N) is 1. The lowest BCUT2D eigenvalue weighted by Crippen LogP contribution is -2.47. The monoisotopic (exact) mass is 287 g/mol. The van der Waals surface area contributed by atoms with E-state index < -0.39 is 0 Å². The topological polar surface area (TPSA) is 61.4 Å². The summed E-state index contributed by atoms with van der Waals surface area (Å²) in [4.78, 5) is 26.0. The second-order valence-corrected chi connectivity index (χ2v) is 5.86. The quantitative estimate of drug-likeness (QED) is 0.850. The zero-order chi connectivity index (χ0) is 14.7. The van der Waals surface area contributed by atoms with Gasteiger partial charge in [0.2, 0.25) is 5.91 Å². The van der Waals surface area contributed by atoms with Crippen molar-refractivity contribution in [2.75, 3.05) is 32.7 Å². The number of amides is 2. The average molecular weight is 287 g/mol. The van der Waals surface area contributed by atoms with Crippen LogP contribution < -0.4 is 10.6 Å². The molecule has 3 rings (SSSR count). The van der Waals surface area contributed by atoms with E-state index in [1.807, 2.05) is 23.1 Å². The van der Waals surface area contributed by atoms with Crippen molar-refractivity contribution in [2.24, 2.45) is 11.8 Å². The minimum atomic E-state index is -0.193. The van der Waals surface area contributed by atoms with Gasteiger partial charge in [-0.3, -0.25) is 9.59 Å². The van der Waals surface area contributed by atoms with Crippen LogP contribution in [0.5, 0.6) is 0 Å². The second-order valence-electron chi connectivity index (χ2n) is 5.86. The molecule has 2 heterocycles. The highest BCUT2D eigenvalue weighted by atomic mass is 16.2. The summed E-state index contributed by atoms with van der Waals surface area (Å²) in [5.41, 5.74) is 0.587. The van der Waals surface area contributed by atoms with Crippen LogP contribution in [0.3, 0.4) is 0 Å². The molecule has 2 atom stereocenters. The number of likely N-dealkylation sites (tertiary alicyclic amines) is 1. The van der Waals surface area contributed by atoms with Crippen LogP contribution in [0.4, 0.5) is 0 Å². The predicted molar refractivity (Wildman–Crippen MR) is 79.8 cm³/mol. The van der Waals surface area contributed by atoms with Gasteiger partial charge in [0.15, 0.2) is 0 Å². The molecule has 2 aliphatic rings. The zero-order valence-corrected chi connectivity index (χ0v) is 12.0. The molecule has 1 aromatic carbocycles. The zero-order valence-electron chi connectivity index (χ0n) is 12.0. The van der Waals surface area contributed by atoms with Crippen molar-refractivity contribution in [1.29, 1.82) is 0 Å². The van der Waals surface area contributed by atoms with E-state index in [0.717, 1.165) is 32.6 Å². The lowest BCUT2D eigenvalue weighted by Gasteiger charge is -2.34. The van der Waals surface area contributed by atoms with E-state index in [0.29, 0.717) is 17.4 Å². The summed E-state index contributed by atoms with van der Waals surface area (Å²) in [6.07, 6.45) is 1.07. The summed E-state index contributed by atoms with van der Waals surface area (Å²) in [7, 11) is 0. The first-order valence-corrected chi connectivity index (χ1v) is 7.56. The Balaban J connectivity index is 1.49. The van der Waals surface area contributed by atoms with E-state index in [1.54, 1.807) is 12.1 Å². The Hall–Kier alpha value is -1.88. The number of fused-ring (bicyclic) bond motifs is 1. The Kier molecular flexibility index (Phi) is 4.20. The molecule has 0 spiro atoms. The van der Waals surface area contributed by atoms with Gasteiger partial charge in [-0.2, -0.15) is 0 Å². The Morgan fingerprint density at radius 3 is 2.76 bits per heavy atom. The van der Waals surface area contributed by atoms with E-state index in [-0.39, 0.29) is 18.4 Å². The van der Waals surface area contributed by atoms with Crippen LogP contribution in [0.25, 0.3) is 0 Å². The second kappa shape index (κ2) is 6.26. The number of piperidine rings is 1. The van der Waals surface area contributed by atoms with Crippen molar-refractivity contribution < 1.29 is 9.59 Å². The Morgan fingerprint density at radius 2 is 1.95 bits per heavy atom. The smallest absolute Gasteiger partial charge is 0.251 e. The van der Waals surface area contributed by atoms with Crippen LogP contribution in [0.1, 0.15) is 16.8 Å². The van der Waals surface area contributed by atoms with Crippen LogP contribution in [-0.4, -0.2) is 49.4 Å². The first kappa shape index (κ1) is 14.1. The highest BCUT2D eigenvalue weighted by molar-refractivity contribution is 5.96. The van der Waals surface area contributed by atoms with Crippen molar-refractivity contribution in [2.45, 2.75) is 6.42 Å². The molecule has 2 amide bonds. The molecule has 5 nitrogen and oxygen atoms in total. The van der Waals surface area contributed by atoms with Gasteiger partial charge in [0, 0.05) is 18.7 Å². The van der Waals surface area contributed by atoms with E-state index >= 15 is 0 Å². The third-order valence-corrected chi connectivity index (χ3v) is 4.49. The Labute approximate surface area is 124 Å². The molecule has 2 fully saturated rings.